The van der Waals surface area contributed by atoms with Crippen LogP contribution in [-0.2, 0) is 19.2 Å². The molecule has 6 heteroatoms. The van der Waals surface area contributed by atoms with Gasteiger partial charge in [-0.1, -0.05) is 12.2 Å². The minimum absolute atomic E-state index is 0.0497. The van der Waals surface area contributed by atoms with Crippen molar-refractivity contribution < 1.29 is 19.2 Å². The average Bonchev–Trinajstić information content (AvgIpc) is 2.45. The van der Waals surface area contributed by atoms with Crippen LogP contribution in [0.15, 0.2) is 24.3 Å². The van der Waals surface area contributed by atoms with Crippen molar-refractivity contribution in [1.29, 1.82) is 0 Å². The average molecular weight is 276 g/mol. The molecule has 0 fully saturated rings. The third kappa shape index (κ3) is 3.20. The van der Waals surface area contributed by atoms with Crippen LogP contribution in [0.3, 0.4) is 0 Å². The van der Waals surface area contributed by atoms with E-state index in [1.165, 1.54) is 12.2 Å². The Morgan fingerprint density at radius 2 is 1.25 bits per heavy atom. The van der Waals surface area contributed by atoms with Gasteiger partial charge in [-0.3, -0.25) is 29.0 Å². The smallest absolute Gasteiger partial charge is 0.252 e. The van der Waals surface area contributed by atoms with Crippen LogP contribution >= 0.6 is 0 Å². The third-order valence-corrected chi connectivity index (χ3v) is 3.25. The zero-order valence-electron chi connectivity index (χ0n) is 11.1. The van der Waals surface area contributed by atoms with Crippen molar-refractivity contribution in [2.24, 2.45) is 0 Å². The van der Waals surface area contributed by atoms with Crippen molar-refractivity contribution in [2.75, 3.05) is 13.1 Å². The highest BCUT2D eigenvalue weighted by molar-refractivity contribution is 6.04. The zero-order valence-corrected chi connectivity index (χ0v) is 11.1. The maximum atomic E-state index is 11.9. The fraction of sp³-hybridized carbons (Fsp3) is 0.429. The first kappa shape index (κ1) is 14.2. The van der Waals surface area contributed by atoms with Crippen molar-refractivity contribution in [2.45, 2.75) is 25.7 Å². The minimum Gasteiger partial charge on any atom is -0.279 e. The van der Waals surface area contributed by atoms with E-state index >= 15 is 0 Å². The van der Waals surface area contributed by atoms with E-state index in [1.54, 1.807) is 12.2 Å². The van der Waals surface area contributed by atoms with Gasteiger partial charge in [0.2, 0.25) is 11.8 Å². The van der Waals surface area contributed by atoms with Gasteiger partial charge in [-0.15, -0.1) is 0 Å². The van der Waals surface area contributed by atoms with Crippen LogP contribution in [0.1, 0.15) is 25.7 Å². The molecule has 4 amide bonds. The molecular formula is C14H16N2O4. The van der Waals surface area contributed by atoms with Gasteiger partial charge in [0.15, 0.2) is 0 Å². The monoisotopic (exact) mass is 276 g/mol. The fourth-order valence-electron chi connectivity index (χ4n) is 2.15. The Balaban J connectivity index is 1.85. The fourth-order valence-corrected chi connectivity index (χ4v) is 2.15. The lowest BCUT2D eigenvalue weighted by molar-refractivity contribution is -0.147. The second-order valence-corrected chi connectivity index (χ2v) is 4.65. The van der Waals surface area contributed by atoms with E-state index in [2.05, 4.69) is 0 Å². The van der Waals surface area contributed by atoms with Gasteiger partial charge in [0.1, 0.15) is 0 Å². The lowest BCUT2D eigenvalue weighted by Crippen LogP contribution is -2.41. The molecule has 6 nitrogen and oxygen atoms in total. The molecule has 2 heterocycles. The van der Waals surface area contributed by atoms with Gasteiger partial charge in [0.25, 0.3) is 11.8 Å². The second kappa shape index (κ2) is 6.27. The molecule has 0 saturated heterocycles. The molecule has 0 radical (unpaired) electrons. The summed E-state index contributed by atoms with van der Waals surface area (Å²) in [5, 5.41) is 0. The highest BCUT2D eigenvalue weighted by Gasteiger charge is 2.25. The number of carbonyl (C=O) groups is 4. The van der Waals surface area contributed by atoms with Gasteiger partial charge in [-0.05, 0) is 25.0 Å². The summed E-state index contributed by atoms with van der Waals surface area (Å²) in [6.07, 6.45) is 7.34. The van der Waals surface area contributed by atoms with Gasteiger partial charge in [0.05, 0.1) is 0 Å². The molecule has 0 N–H and O–H groups in total. The summed E-state index contributed by atoms with van der Waals surface area (Å²) in [5.41, 5.74) is 0. The molecule has 2 aliphatic rings. The Bertz CT molecular complexity index is 461. The van der Waals surface area contributed by atoms with Crippen LogP contribution in [0.5, 0.6) is 0 Å². The van der Waals surface area contributed by atoms with Crippen molar-refractivity contribution in [3.63, 3.8) is 0 Å². The Kier molecular flexibility index (Phi) is 4.45. The van der Waals surface area contributed by atoms with Gasteiger partial charge in [-0.25, -0.2) is 0 Å². The molecule has 2 rings (SSSR count). The SMILES string of the molecule is O=C1C=CCCN1C(=O)CCC(=O)N1CCC=CC1=O. The highest BCUT2D eigenvalue weighted by Crippen LogP contribution is 2.10. The molecule has 2 aliphatic heterocycles. The molecule has 0 saturated carbocycles. The summed E-state index contributed by atoms with van der Waals surface area (Å²) < 4.78 is 0. The van der Waals surface area contributed by atoms with Gasteiger partial charge in [-0.2, -0.15) is 0 Å². The predicted octanol–water partition coefficient (Wildman–Crippen LogP) is 0.397. The van der Waals surface area contributed by atoms with Crippen LogP contribution < -0.4 is 0 Å². The lowest BCUT2D eigenvalue weighted by atomic mass is 10.1. The van der Waals surface area contributed by atoms with Crippen LogP contribution in [0.2, 0.25) is 0 Å². The number of nitrogens with zero attached hydrogens (tertiary/aromatic N) is 2. The summed E-state index contributed by atoms with van der Waals surface area (Å²) >= 11 is 0. The molecule has 106 valence electrons. The number of carbonyl (C=O) groups excluding carboxylic acids is 4. The molecule has 0 atom stereocenters. The van der Waals surface area contributed by atoms with E-state index in [0.717, 1.165) is 9.80 Å². The summed E-state index contributed by atoms with van der Waals surface area (Å²) in [5.74, 6) is -1.42. The predicted molar refractivity (Wildman–Crippen MR) is 70.2 cm³/mol. The maximum absolute atomic E-state index is 11.9. The quantitative estimate of drug-likeness (QED) is 0.747. The van der Waals surface area contributed by atoms with Crippen LogP contribution in [-0.4, -0.2) is 46.5 Å². The molecule has 0 unspecified atom stereocenters. The minimum atomic E-state index is -0.368. The normalized spacial score (nSPS) is 18.6. The Hall–Kier alpha value is -2.24. The third-order valence-electron chi connectivity index (χ3n) is 3.25. The standard InChI is InChI=1S/C14H16N2O4/c17-11-5-1-3-9-15(11)13(19)7-8-14(20)16-10-4-2-6-12(16)18/h1-2,5-6H,3-4,7-10H2. The van der Waals surface area contributed by atoms with E-state index in [1.807, 2.05) is 0 Å². The van der Waals surface area contributed by atoms with Crippen molar-refractivity contribution >= 4 is 23.6 Å². The molecule has 0 aromatic carbocycles. The number of hydrogen-bond acceptors (Lipinski definition) is 4. The van der Waals surface area contributed by atoms with Crippen molar-refractivity contribution in [3.05, 3.63) is 24.3 Å². The Morgan fingerprint density at radius 1 is 0.850 bits per heavy atom. The maximum Gasteiger partial charge on any atom is 0.252 e. The molecule has 0 aromatic heterocycles. The molecule has 0 aliphatic carbocycles. The van der Waals surface area contributed by atoms with E-state index in [4.69, 9.17) is 0 Å². The van der Waals surface area contributed by atoms with Crippen molar-refractivity contribution in [3.8, 4) is 0 Å². The molecular weight excluding hydrogens is 260 g/mol. The lowest BCUT2D eigenvalue weighted by Gasteiger charge is -2.23. The summed E-state index contributed by atoms with van der Waals surface area (Å²) in [7, 11) is 0. The second-order valence-electron chi connectivity index (χ2n) is 4.65. The number of rotatable bonds is 3. The van der Waals surface area contributed by atoms with Crippen LogP contribution in [0.25, 0.3) is 0 Å². The largest absolute Gasteiger partial charge is 0.279 e. The first-order valence-corrected chi connectivity index (χ1v) is 6.61. The van der Waals surface area contributed by atoms with Gasteiger partial charge < -0.3 is 0 Å². The number of imide groups is 2. The molecule has 0 bridgehead atoms. The Morgan fingerprint density at radius 3 is 1.60 bits per heavy atom. The summed E-state index contributed by atoms with van der Waals surface area (Å²) in [6, 6.07) is 0. The molecule has 0 aromatic rings. The van der Waals surface area contributed by atoms with E-state index < -0.39 is 0 Å². The van der Waals surface area contributed by atoms with Crippen LogP contribution in [0.4, 0.5) is 0 Å². The number of hydrogen-bond donors (Lipinski definition) is 0. The zero-order chi connectivity index (χ0) is 14.5. The van der Waals surface area contributed by atoms with Gasteiger partial charge >= 0.3 is 0 Å². The van der Waals surface area contributed by atoms with E-state index in [-0.39, 0.29) is 36.5 Å². The van der Waals surface area contributed by atoms with Gasteiger partial charge in [0, 0.05) is 25.9 Å². The highest BCUT2D eigenvalue weighted by atomic mass is 16.2. The molecule has 0 spiro atoms. The van der Waals surface area contributed by atoms with Crippen LogP contribution in [0, 0.1) is 0 Å². The first-order valence-electron chi connectivity index (χ1n) is 6.61. The van der Waals surface area contributed by atoms with Crippen molar-refractivity contribution in [1.82, 2.24) is 9.80 Å². The van der Waals surface area contributed by atoms with E-state index in [9.17, 15) is 19.2 Å². The Labute approximate surface area is 116 Å². The summed E-state index contributed by atoms with van der Waals surface area (Å²) in [4.78, 5) is 49.0. The number of amides is 4. The molecule has 20 heavy (non-hydrogen) atoms. The topological polar surface area (TPSA) is 74.8 Å². The van der Waals surface area contributed by atoms with E-state index in [0.29, 0.717) is 25.9 Å². The summed E-state index contributed by atoms with van der Waals surface area (Å²) in [6.45, 7) is 0.710. The first-order chi connectivity index (χ1) is 9.59.